The zero-order valence-electron chi connectivity index (χ0n) is 9.07. The van der Waals surface area contributed by atoms with Crippen LogP contribution >= 0.6 is 11.6 Å². The number of anilines is 1. The standard InChI is InChI=1S/C11H16ClN3/c1-3-15(4-2)11(9-12)14-10-7-5-6-8-13-10/h5-9H,3-4H2,1-2H3,(H,13,14)/b11-9-. The fourth-order valence-electron chi connectivity index (χ4n) is 1.31. The van der Waals surface area contributed by atoms with Crippen LogP contribution in [-0.2, 0) is 0 Å². The van der Waals surface area contributed by atoms with Gasteiger partial charge in [-0.3, -0.25) is 0 Å². The van der Waals surface area contributed by atoms with Crippen LogP contribution in [0.25, 0.3) is 0 Å². The van der Waals surface area contributed by atoms with Crippen molar-refractivity contribution in [1.29, 1.82) is 0 Å². The Labute approximate surface area is 95.8 Å². The molecule has 1 heterocycles. The zero-order chi connectivity index (χ0) is 11.1. The lowest BCUT2D eigenvalue weighted by atomic mass is 10.4. The highest BCUT2D eigenvalue weighted by Crippen LogP contribution is 2.10. The molecule has 0 spiro atoms. The molecule has 1 N–H and O–H groups in total. The third-order valence-electron chi connectivity index (χ3n) is 2.13. The summed E-state index contributed by atoms with van der Waals surface area (Å²) in [5, 5.41) is 3.17. The Hall–Kier alpha value is -1.22. The molecule has 0 aliphatic heterocycles. The second kappa shape index (κ2) is 6.30. The summed E-state index contributed by atoms with van der Waals surface area (Å²) < 4.78 is 0. The van der Waals surface area contributed by atoms with Gasteiger partial charge in [-0.05, 0) is 26.0 Å². The predicted octanol–water partition coefficient (Wildman–Crippen LogP) is 2.87. The first-order chi connectivity index (χ1) is 7.31. The molecule has 0 saturated heterocycles. The molecule has 1 aromatic rings. The summed E-state index contributed by atoms with van der Waals surface area (Å²) in [5.74, 6) is 1.68. The van der Waals surface area contributed by atoms with Crippen molar-refractivity contribution >= 4 is 17.4 Å². The Kier molecular flexibility index (Phi) is 4.98. The molecule has 82 valence electrons. The number of rotatable bonds is 5. The van der Waals surface area contributed by atoms with Crippen LogP contribution in [0.1, 0.15) is 13.8 Å². The molecule has 0 aliphatic carbocycles. The molecular weight excluding hydrogens is 210 g/mol. The van der Waals surface area contributed by atoms with E-state index in [0.29, 0.717) is 0 Å². The first-order valence-corrected chi connectivity index (χ1v) is 5.48. The van der Waals surface area contributed by atoms with Gasteiger partial charge in [-0.1, -0.05) is 17.7 Å². The number of hydrogen-bond donors (Lipinski definition) is 1. The van der Waals surface area contributed by atoms with Crippen molar-refractivity contribution in [2.24, 2.45) is 0 Å². The zero-order valence-corrected chi connectivity index (χ0v) is 9.83. The van der Waals surface area contributed by atoms with E-state index in [1.165, 1.54) is 0 Å². The molecule has 0 unspecified atom stereocenters. The van der Waals surface area contributed by atoms with Gasteiger partial charge in [0.2, 0.25) is 0 Å². The fraction of sp³-hybridized carbons (Fsp3) is 0.364. The van der Waals surface area contributed by atoms with Crippen molar-refractivity contribution in [2.75, 3.05) is 18.4 Å². The average molecular weight is 226 g/mol. The maximum atomic E-state index is 5.78. The van der Waals surface area contributed by atoms with Crippen LogP contribution in [0.15, 0.2) is 35.8 Å². The van der Waals surface area contributed by atoms with E-state index in [4.69, 9.17) is 11.6 Å². The number of hydrogen-bond acceptors (Lipinski definition) is 3. The summed E-state index contributed by atoms with van der Waals surface area (Å²) in [6, 6.07) is 5.72. The van der Waals surface area contributed by atoms with Gasteiger partial charge in [-0.2, -0.15) is 0 Å². The topological polar surface area (TPSA) is 28.2 Å². The molecular formula is C11H16ClN3. The SMILES string of the molecule is CCN(CC)/C(=C\Cl)Nc1ccccn1. The molecule has 1 rings (SSSR count). The lowest BCUT2D eigenvalue weighted by Gasteiger charge is -2.24. The maximum absolute atomic E-state index is 5.78. The summed E-state index contributed by atoms with van der Waals surface area (Å²) >= 11 is 5.78. The monoisotopic (exact) mass is 225 g/mol. The number of nitrogens with zero attached hydrogens (tertiary/aromatic N) is 2. The van der Waals surface area contributed by atoms with E-state index in [-0.39, 0.29) is 0 Å². The molecule has 0 bridgehead atoms. The van der Waals surface area contributed by atoms with Crippen LogP contribution in [0.5, 0.6) is 0 Å². The van der Waals surface area contributed by atoms with Crippen molar-refractivity contribution in [3.05, 3.63) is 35.8 Å². The molecule has 15 heavy (non-hydrogen) atoms. The van der Waals surface area contributed by atoms with Gasteiger partial charge in [0, 0.05) is 24.8 Å². The summed E-state index contributed by atoms with van der Waals surface area (Å²) in [6.45, 7) is 6.00. The van der Waals surface area contributed by atoms with E-state index in [1.807, 2.05) is 18.2 Å². The molecule has 0 aromatic carbocycles. The smallest absolute Gasteiger partial charge is 0.131 e. The molecule has 0 fully saturated rings. The predicted molar refractivity (Wildman–Crippen MR) is 64.7 cm³/mol. The van der Waals surface area contributed by atoms with E-state index in [1.54, 1.807) is 11.7 Å². The fourth-order valence-corrected chi connectivity index (χ4v) is 1.50. The largest absolute Gasteiger partial charge is 0.358 e. The van der Waals surface area contributed by atoms with Gasteiger partial charge in [0.25, 0.3) is 0 Å². The minimum Gasteiger partial charge on any atom is -0.358 e. The Morgan fingerprint density at radius 3 is 2.67 bits per heavy atom. The lowest BCUT2D eigenvalue weighted by Crippen LogP contribution is -2.26. The number of halogens is 1. The highest BCUT2D eigenvalue weighted by Gasteiger charge is 2.05. The van der Waals surface area contributed by atoms with Crippen LogP contribution in [-0.4, -0.2) is 23.0 Å². The third-order valence-corrected chi connectivity index (χ3v) is 2.34. The number of aromatic nitrogens is 1. The Morgan fingerprint density at radius 1 is 1.47 bits per heavy atom. The summed E-state index contributed by atoms with van der Waals surface area (Å²) in [6.07, 6.45) is 1.75. The van der Waals surface area contributed by atoms with Gasteiger partial charge in [0.15, 0.2) is 0 Å². The third kappa shape index (κ3) is 3.44. The molecule has 0 saturated carbocycles. The summed E-state index contributed by atoms with van der Waals surface area (Å²) in [7, 11) is 0. The van der Waals surface area contributed by atoms with Crippen molar-refractivity contribution in [2.45, 2.75) is 13.8 Å². The summed E-state index contributed by atoms with van der Waals surface area (Å²) in [4.78, 5) is 6.31. The molecule has 0 amide bonds. The second-order valence-electron chi connectivity index (χ2n) is 3.01. The minimum absolute atomic E-state index is 0.802. The first kappa shape index (κ1) is 11.9. The van der Waals surface area contributed by atoms with E-state index in [0.717, 1.165) is 24.7 Å². The molecule has 4 heteroatoms. The van der Waals surface area contributed by atoms with Crippen molar-refractivity contribution in [3.8, 4) is 0 Å². The molecule has 0 aliphatic rings. The molecule has 3 nitrogen and oxygen atoms in total. The van der Waals surface area contributed by atoms with E-state index in [9.17, 15) is 0 Å². The Bertz CT molecular complexity index is 307. The van der Waals surface area contributed by atoms with Crippen LogP contribution in [0.3, 0.4) is 0 Å². The van der Waals surface area contributed by atoms with Gasteiger partial charge in [0.1, 0.15) is 11.6 Å². The van der Waals surface area contributed by atoms with Gasteiger partial charge in [0.05, 0.1) is 0 Å². The van der Waals surface area contributed by atoms with Crippen LogP contribution < -0.4 is 5.32 Å². The quantitative estimate of drug-likeness (QED) is 0.835. The minimum atomic E-state index is 0.802. The van der Waals surface area contributed by atoms with Crippen LogP contribution in [0, 0.1) is 0 Å². The van der Waals surface area contributed by atoms with Gasteiger partial charge in [-0.15, -0.1) is 0 Å². The highest BCUT2D eigenvalue weighted by atomic mass is 35.5. The van der Waals surface area contributed by atoms with Crippen molar-refractivity contribution in [1.82, 2.24) is 9.88 Å². The second-order valence-corrected chi connectivity index (χ2v) is 3.22. The highest BCUT2D eigenvalue weighted by molar-refractivity contribution is 6.25. The van der Waals surface area contributed by atoms with E-state index < -0.39 is 0 Å². The number of nitrogens with one attached hydrogen (secondary N) is 1. The van der Waals surface area contributed by atoms with E-state index in [2.05, 4.69) is 29.0 Å². The van der Waals surface area contributed by atoms with Crippen molar-refractivity contribution in [3.63, 3.8) is 0 Å². The normalized spacial score (nSPS) is 11.3. The van der Waals surface area contributed by atoms with Crippen LogP contribution in [0.4, 0.5) is 5.82 Å². The van der Waals surface area contributed by atoms with Gasteiger partial charge >= 0.3 is 0 Å². The maximum Gasteiger partial charge on any atom is 0.131 e. The lowest BCUT2D eigenvalue weighted by molar-refractivity contribution is 0.387. The van der Waals surface area contributed by atoms with E-state index >= 15 is 0 Å². The molecule has 1 aromatic heterocycles. The van der Waals surface area contributed by atoms with Gasteiger partial charge < -0.3 is 10.2 Å². The van der Waals surface area contributed by atoms with Gasteiger partial charge in [-0.25, -0.2) is 4.98 Å². The molecule has 0 atom stereocenters. The van der Waals surface area contributed by atoms with Crippen LogP contribution in [0.2, 0.25) is 0 Å². The first-order valence-electron chi connectivity index (χ1n) is 5.05. The average Bonchev–Trinajstić information content (AvgIpc) is 2.30. The van der Waals surface area contributed by atoms with Crippen molar-refractivity contribution < 1.29 is 0 Å². The Balaban J connectivity index is 2.70. The number of pyridine rings is 1. The Morgan fingerprint density at radius 2 is 2.20 bits per heavy atom. The molecule has 0 radical (unpaired) electrons. The summed E-state index contributed by atoms with van der Waals surface area (Å²) in [5.41, 5.74) is 1.54.